The standard InChI is InChI=1S/C46H49ClN6O8S/c47-36-10-8-34(9-11-36)41-7-2-1-4-35(41)32-50-18-20-51(21-19-50)38-12-14-42(45(29-38)61-39-6-3-5-37(28-39)52-22-26-60-27-23-52)46(54)49-62(57,58)40-13-15-43(44(30-40)53(55)56)48-31-33-16-24-59-25-17-33/h1-15,28-30,33,48H,16-27,31-32H2,(H,49,54). The van der Waals surface area contributed by atoms with Gasteiger partial charge in [0.05, 0.1) is 28.6 Å². The second kappa shape index (κ2) is 19.6. The van der Waals surface area contributed by atoms with Crippen LogP contribution >= 0.6 is 11.6 Å². The van der Waals surface area contributed by atoms with Gasteiger partial charge in [-0.15, -0.1) is 0 Å². The third kappa shape index (κ3) is 10.5. The van der Waals surface area contributed by atoms with E-state index < -0.39 is 31.4 Å². The normalized spacial score (nSPS) is 16.5. The highest BCUT2D eigenvalue weighted by molar-refractivity contribution is 7.90. The number of piperazine rings is 1. The topological polar surface area (TPSA) is 156 Å². The first-order chi connectivity index (χ1) is 30.1. The van der Waals surface area contributed by atoms with Gasteiger partial charge in [-0.05, 0) is 84.0 Å². The number of morpholine rings is 1. The van der Waals surface area contributed by atoms with E-state index in [0.717, 1.165) is 61.0 Å². The van der Waals surface area contributed by atoms with Crippen LogP contribution in [0.1, 0.15) is 28.8 Å². The number of ether oxygens (including phenoxy) is 3. The third-order valence-corrected chi connectivity index (χ3v) is 13.1. The van der Waals surface area contributed by atoms with Gasteiger partial charge in [0.15, 0.2) is 0 Å². The van der Waals surface area contributed by atoms with Crippen molar-refractivity contribution in [1.82, 2.24) is 9.62 Å². The lowest BCUT2D eigenvalue weighted by molar-refractivity contribution is -0.384. The Hall–Kier alpha value is -5.71. The molecular formula is C46H49ClN6O8S. The van der Waals surface area contributed by atoms with Crippen molar-refractivity contribution in [2.45, 2.75) is 24.3 Å². The fraction of sp³-hybridized carbons (Fsp3) is 0.326. The highest BCUT2D eigenvalue weighted by atomic mass is 35.5. The summed E-state index contributed by atoms with van der Waals surface area (Å²) >= 11 is 6.17. The fourth-order valence-electron chi connectivity index (χ4n) is 8.07. The number of rotatable bonds is 14. The molecule has 1 amide bonds. The number of carbonyl (C=O) groups is 1. The van der Waals surface area contributed by atoms with Crippen molar-refractivity contribution in [2.75, 3.05) is 87.4 Å². The quantitative estimate of drug-likeness (QED) is 0.0825. The molecule has 5 aromatic carbocycles. The van der Waals surface area contributed by atoms with E-state index in [0.29, 0.717) is 69.9 Å². The van der Waals surface area contributed by atoms with Gasteiger partial charge in [0, 0.05) is 100 Å². The summed E-state index contributed by atoms with van der Waals surface area (Å²) < 4.78 is 47.0. The molecule has 0 unspecified atom stereocenters. The highest BCUT2D eigenvalue weighted by Crippen LogP contribution is 2.34. The molecule has 16 heteroatoms. The number of anilines is 3. The van der Waals surface area contributed by atoms with Gasteiger partial charge in [0.1, 0.15) is 17.2 Å². The Morgan fingerprint density at radius 1 is 0.790 bits per heavy atom. The molecule has 3 aliphatic rings. The average molecular weight is 881 g/mol. The van der Waals surface area contributed by atoms with Gasteiger partial charge >= 0.3 is 0 Å². The monoisotopic (exact) mass is 880 g/mol. The van der Waals surface area contributed by atoms with Gasteiger partial charge < -0.3 is 29.3 Å². The molecule has 14 nitrogen and oxygen atoms in total. The number of carbonyl (C=O) groups excluding carboxylic acids is 1. The molecule has 3 saturated heterocycles. The lowest BCUT2D eigenvalue weighted by Gasteiger charge is -2.36. The summed E-state index contributed by atoms with van der Waals surface area (Å²) in [5.41, 5.74) is 4.99. The van der Waals surface area contributed by atoms with E-state index in [4.69, 9.17) is 25.8 Å². The van der Waals surface area contributed by atoms with E-state index in [-0.39, 0.29) is 22.9 Å². The van der Waals surface area contributed by atoms with Crippen molar-refractivity contribution in [2.24, 2.45) is 5.92 Å². The molecule has 2 N–H and O–H groups in total. The van der Waals surface area contributed by atoms with E-state index in [2.05, 4.69) is 42.9 Å². The van der Waals surface area contributed by atoms with Crippen molar-refractivity contribution in [3.63, 3.8) is 0 Å². The van der Waals surface area contributed by atoms with Gasteiger partial charge in [-0.2, -0.15) is 0 Å². The number of nitrogens with one attached hydrogen (secondary N) is 2. The van der Waals surface area contributed by atoms with Crippen LogP contribution in [0.3, 0.4) is 0 Å². The number of nitro groups is 1. The van der Waals surface area contributed by atoms with Crippen molar-refractivity contribution >= 4 is 50.3 Å². The largest absolute Gasteiger partial charge is 0.456 e. The number of nitrogens with zero attached hydrogens (tertiary/aromatic N) is 4. The van der Waals surface area contributed by atoms with Crippen molar-refractivity contribution in [1.29, 1.82) is 0 Å². The minimum Gasteiger partial charge on any atom is -0.456 e. The van der Waals surface area contributed by atoms with Crippen molar-refractivity contribution < 1.29 is 32.3 Å². The molecule has 8 rings (SSSR count). The Morgan fingerprint density at radius 3 is 2.26 bits per heavy atom. The first-order valence-electron chi connectivity index (χ1n) is 20.8. The van der Waals surface area contributed by atoms with E-state index in [1.54, 1.807) is 24.3 Å². The second-order valence-electron chi connectivity index (χ2n) is 15.6. The van der Waals surface area contributed by atoms with E-state index >= 15 is 0 Å². The molecule has 0 spiro atoms. The zero-order valence-electron chi connectivity index (χ0n) is 34.2. The van der Waals surface area contributed by atoms with Crippen LogP contribution in [-0.2, 0) is 26.0 Å². The molecule has 3 heterocycles. The smallest absolute Gasteiger partial charge is 0.293 e. The maximum absolute atomic E-state index is 14.0. The third-order valence-electron chi connectivity index (χ3n) is 11.6. The summed E-state index contributed by atoms with van der Waals surface area (Å²) in [6, 6.07) is 32.5. The number of hydrogen-bond acceptors (Lipinski definition) is 12. The first kappa shape index (κ1) is 43.0. The molecule has 0 atom stereocenters. The summed E-state index contributed by atoms with van der Waals surface area (Å²) in [4.78, 5) is 31.9. The van der Waals surface area contributed by atoms with Crippen LogP contribution in [0.4, 0.5) is 22.7 Å². The number of sulfonamides is 1. The molecule has 5 aromatic rings. The predicted octanol–water partition coefficient (Wildman–Crippen LogP) is 7.82. The molecule has 0 aliphatic carbocycles. The van der Waals surface area contributed by atoms with Gasteiger partial charge in [0.2, 0.25) is 0 Å². The van der Waals surface area contributed by atoms with Crippen LogP contribution in [0, 0.1) is 16.0 Å². The summed E-state index contributed by atoms with van der Waals surface area (Å²) in [5, 5.41) is 15.9. The summed E-state index contributed by atoms with van der Waals surface area (Å²) in [6.45, 7) is 8.11. The molecule has 0 aromatic heterocycles. The Kier molecular flexibility index (Phi) is 13.5. The molecule has 0 bridgehead atoms. The summed E-state index contributed by atoms with van der Waals surface area (Å²) in [6.07, 6.45) is 1.65. The van der Waals surface area contributed by atoms with Crippen molar-refractivity contribution in [3.8, 4) is 22.6 Å². The molecule has 0 radical (unpaired) electrons. The van der Waals surface area contributed by atoms with Crippen LogP contribution < -0.4 is 24.6 Å². The van der Waals surface area contributed by atoms with Crippen LogP contribution in [0.15, 0.2) is 114 Å². The molecule has 324 valence electrons. The number of nitro benzene ring substituents is 1. The maximum atomic E-state index is 14.0. The SMILES string of the molecule is O=C(NS(=O)(=O)c1ccc(NCC2CCOCC2)c([N+](=O)[O-])c1)c1ccc(N2CCN(Cc3ccccc3-c3ccc(Cl)cc3)CC2)cc1Oc1cccc(N2CCOCC2)c1. The van der Waals surface area contributed by atoms with Gasteiger partial charge in [-0.3, -0.25) is 19.8 Å². The molecule has 3 aliphatic heterocycles. The average Bonchev–Trinajstić information content (AvgIpc) is 3.29. The maximum Gasteiger partial charge on any atom is 0.293 e. The van der Waals surface area contributed by atoms with Crippen LogP contribution in [-0.4, -0.2) is 96.4 Å². The van der Waals surface area contributed by atoms with Gasteiger partial charge in [0.25, 0.3) is 21.6 Å². The molecular weight excluding hydrogens is 832 g/mol. The summed E-state index contributed by atoms with van der Waals surface area (Å²) in [7, 11) is -4.56. The van der Waals surface area contributed by atoms with Gasteiger partial charge in [-0.25, -0.2) is 13.1 Å². The van der Waals surface area contributed by atoms with Crippen LogP contribution in [0.2, 0.25) is 5.02 Å². The zero-order valence-corrected chi connectivity index (χ0v) is 35.8. The Morgan fingerprint density at radius 2 is 1.50 bits per heavy atom. The predicted molar refractivity (Wildman–Crippen MR) is 240 cm³/mol. The number of benzene rings is 5. The Labute approximate surface area is 366 Å². The Balaban J connectivity index is 1.01. The number of halogens is 1. The lowest BCUT2D eigenvalue weighted by atomic mass is 9.99. The van der Waals surface area contributed by atoms with Crippen molar-refractivity contribution in [3.05, 3.63) is 135 Å². The fourth-order valence-corrected chi connectivity index (χ4v) is 9.18. The zero-order chi connectivity index (χ0) is 43.1. The second-order valence-corrected chi connectivity index (χ2v) is 17.7. The highest BCUT2D eigenvalue weighted by Gasteiger charge is 2.27. The summed E-state index contributed by atoms with van der Waals surface area (Å²) in [5.74, 6) is -0.0433. The number of amides is 1. The van der Waals surface area contributed by atoms with Crippen LogP contribution in [0.25, 0.3) is 11.1 Å². The van der Waals surface area contributed by atoms with Crippen LogP contribution in [0.5, 0.6) is 11.5 Å². The molecule has 0 saturated carbocycles. The molecule has 3 fully saturated rings. The lowest BCUT2D eigenvalue weighted by Crippen LogP contribution is -2.46. The van der Waals surface area contributed by atoms with E-state index in [1.807, 2.05) is 48.5 Å². The number of hydrogen-bond donors (Lipinski definition) is 2. The molecule has 62 heavy (non-hydrogen) atoms. The first-order valence-corrected chi connectivity index (χ1v) is 22.7. The minimum atomic E-state index is -4.56. The van der Waals surface area contributed by atoms with E-state index in [9.17, 15) is 23.3 Å². The van der Waals surface area contributed by atoms with Gasteiger partial charge in [-0.1, -0.05) is 54.1 Å². The van der Waals surface area contributed by atoms with E-state index in [1.165, 1.54) is 17.7 Å². The Bertz CT molecular complexity index is 2490. The minimum absolute atomic E-state index is 0.0178.